The van der Waals surface area contributed by atoms with Gasteiger partial charge >= 0.3 is 0 Å². The first-order valence-corrected chi connectivity index (χ1v) is 7.63. The van der Waals surface area contributed by atoms with Crippen LogP contribution in [-0.2, 0) is 4.74 Å². The van der Waals surface area contributed by atoms with Crippen molar-refractivity contribution in [2.75, 3.05) is 6.61 Å². The van der Waals surface area contributed by atoms with Crippen molar-refractivity contribution in [3.05, 3.63) is 26.6 Å². The second kappa shape index (κ2) is 4.54. The molecule has 1 saturated heterocycles. The molecular weight excluding hydrogens is 280 g/mol. The second-order valence-electron chi connectivity index (χ2n) is 5.52. The highest BCUT2D eigenvalue weighted by molar-refractivity contribution is 7.71. The Balaban J connectivity index is 2.14. The molecular formula is C13H16N2O2S2. The summed E-state index contributed by atoms with van der Waals surface area (Å²) >= 11 is 6.82. The minimum Gasteiger partial charge on any atom is -0.375 e. The largest absolute Gasteiger partial charge is 0.375 e. The van der Waals surface area contributed by atoms with Crippen LogP contribution < -0.4 is 5.56 Å². The number of rotatable bonds is 1. The summed E-state index contributed by atoms with van der Waals surface area (Å²) in [5, 5.41) is 1.91. The van der Waals surface area contributed by atoms with E-state index in [1.54, 1.807) is 4.57 Å². The summed E-state index contributed by atoms with van der Waals surface area (Å²) in [6, 6.07) is 2.02. The number of fused-ring (bicyclic) bond motifs is 1. The minimum atomic E-state index is -0.200. The van der Waals surface area contributed by atoms with Gasteiger partial charge in [-0.15, -0.1) is 11.3 Å². The number of H-pyrrole nitrogens is 1. The average Bonchev–Trinajstić information content (AvgIpc) is 2.76. The molecule has 0 spiro atoms. The Bertz CT molecular complexity index is 726. The quantitative estimate of drug-likeness (QED) is 0.822. The van der Waals surface area contributed by atoms with Crippen molar-refractivity contribution in [3.8, 4) is 0 Å². The summed E-state index contributed by atoms with van der Waals surface area (Å²) < 4.78 is 8.71. The van der Waals surface area contributed by atoms with Crippen LogP contribution in [0, 0.1) is 4.77 Å². The van der Waals surface area contributed by atoms with Crippen LogP contribution in [-0.4, -0.2) is 21.8 Å². The van der Waals surface area contributed by atoms with Gasteiger partial charge in [0, 0.05) is 12.6 Å². The van der Waals surface area contributed by atoms with E-state index in [2.05, 4.69) is 18.8 Å². The molecule has 0 bridgehead atoms. The molecule has 4 nitrogen and oxygen atoms in total. The number of ether oxygens (including phenoxy) is 1. The normalized spacial score (nSPS) is 22.7. The fraction of sp³-hybridized carbons (Fsp3) is 0.538. The lowest BCUT2D eigenvalue weighted by Gasteiger charge is -2.36. The summed E-state index contributed by atoms with van der Waals surface area (Å²) in [5.74, 6) is 0. The third-order valence-electron chi connectivity index (χ3n) is 3.57. The first kappa shape index (κ1) is 13.0. The van der Waals surface area contributed by atoms with Crippen molar-refractivity contribution >= 4 is 33.8 Å². The van der Waals surface area contributed by atoms with Crippen molar-refractivity contribution in [2.45, 2.75) is 38.3 Å². The lowest BCUT2D eigenvalue weighted by atomic mass is 9.94. The molecule has 1 atom stereocenters. The zero-order valence-electron chi connectivity index (χ0n) is 10.9. The molecule has 3 rings (SSSR count). The van der Waals surface area contributed by atoms with Crippen LogP contribution >= 0.6 is 23.6 Å². The van der Waals surface area contributed by atoms with Crippen molar-refractivity contribution in [1.29, 1.82) is 0 Å². The Labute approximate surface area is 120 Å². The van der Waals surface area contributed by atoms with Crippen LogP contribution in [0.3, 0.4) is 0 Å². The maximum Gasteiger partial charge on any atom is 0.272 e. The van der Waals surface area contributed by atoms with Gasteiger partial charge in [0.05, 0.1) is 11.1 Å². The Hall–Kier alpha value is -0.980. The molecule has 1 aliphatic heterocycles. The Morgan fingerprint density at radius 1 is 1.58 bits per heavy atom. The highest BCUT2D eigenvalue weighted by Gasteiger charge is 2.31. The third kappa shape index (κ3) is 2.28. The third-order valence-corrected chi connectivity index (χ3v) is 4.78. The van der Waals surface area contributed by atoms with E-state index in [9.17, 15) is 4.79 Å². The van der Waals surface area contributed by atoms with Crippen LogP contribution in [0.25, 0.3) is 10.2 Å². The van der Waals surface area contributed by atoms with Crippen LogP contribution in [0.2, 0.25) is 0 Å². The van der Waals surface area contributed by atoms with Crippen molar-refractivity contribution < 1.29 is 4.74 Å². The fourth-order valence-electron chi connectivity index (χ4n) is 2.70. The van der Waals surface area contributed by atoms with Crippen LogP contribution in [0.5, 0.6) is 0 Å². The molecule has 0 aromatic carbocycles. The number of aromatic nitrogens is 2. The number of hydrogen-bond donors (Lipinski definition) is 1. The molecule has 1 unspecified atom stereocenters. The van der Waals surface area contributed by atoms with Gasteiger partial charge in [-0.2, -0.15) is 0 Å². The lowest BCUT2D eigenvalue weighted by Crippen LogP contribution is -2.38. The number of nitrogens with one attached hydrogen (secondary N) is 1. The zero-order valence-corrected chi connectivity index (χ0v) is 12.6. The van der Waals surface area contributed by atoms with E-state index in [1.807, 2.05) is 11.4 Å². The molecule has 0 amide bonds. The molecule has 6 heteroatoms. The molecule has 0 radical (unpaired) electrons. The summed E-state index contributed by atoms with van der Waals surface area (Å²) in [6.45, 7) is 4.78. The Kier molecular flexibility index (Phi) is 3.11. The lowest BCUT2D eigenvalue weighted by molar-refractivity contribution is -0.0698. The molecule has 1 fully saturated rings. The molecule has 3 heterocycles. The molecule has 1 aliphatic rings. The number of nitrogens with zero attached hydrogens (tertiary/aromatic N) is 1. The average molecular weight is 296 g/mol. The van der Waals surface area contributed by atoms with Gasteiger partial charge in [-0.25, -0.2) is 0 Å². The van der Waals surface area contributed by atoms with Crippen molar-refractivity contribution in [2.24, 2.45) is 0 Å². The highest BCUT2D eigenvalue weighted by atomic mass is 32.1. The standard InChI is InChI=1S/C13H16N2O2S2/c1-13(2)7-8(3-5-17-13)15-11(16)10-9(4-6-19-10)14-12(15)18/h4,6,8H,3,5,7H2,1-2H3,(H,14,18). The Morgan fingerprint density at radius 2 is 2.37 bits per heavy atom. The first-order chi connectivity index (χ1) is 8.98. The number of thiophene rings is 1. The van der Waals surface area contributed by atoms with E-state index in [-0.39, 0.29) is 17.2 Å². The van der Waals surface area contributed by atoms with Crippen LogP contribution in [0.15, 0.2) is 16.2 Å². The van der Waals surface area contributed by atoms with E-state index in [0.717, 1.165) is 23.1 Å². The predicted molar refractivity (Wildman–Crippen MR) is 79.6 cm³/mol. The van der Waals surface area contributed by atoms with Gasteiger partial charge in [0.15, 0.2) is 4.77 Å². The van der Waals surface area contributed by atoms with Gasteiger partial charge < -0.3 is 9.72 Å². The highest BCUT2D eigenvalue weighted by Crippen LogP contribution is 2.31. The van der Waals surface area contributed by atoms with E-state index in [1.165, 1.54) is 11.3 Å². The van der Waals surface area contributed by atoms with Crippen molar-refractivity contribution in [1.82, 2.24) is 9.55 Å². The summed E-state index contributed by atoms with van der Waals surface area (Å²) in [6.07, 6.45) is 1.64. The van der Waals surface area contributed by atoms with Gasteiger partial charge in [0.2, 0.25) is 0 Å². The second-order valence-corrected chi connectivity index (χ2v) is 6.83. The Morgan fingerprint density at radius 3 is 3.11 bits per heavy atom. The summed E-state index contributed by atoms with van der Waals surface area (Å²) in [4.78, 5) is 15.7. The molecule has 102 valence electrons. The fourth-order valence-corrected chi connectivity index (χ4v) is 3.83. The minimum absolute atomic E-state index is 0.0245. The zero-order chi connectivity index (χ0) is 13.6. The molecule has 0 aliphatic carbocycles. The van der Waals surface area contributed by atoms with Gasteiger partial charge in [-0.05, 0) is 50.4 Å². The van der Waals surface area contributed by atoms with Gasteiger partial charge in [0.1, 0.15) is 4.70 Å². The smallest absolute Gasteiger partial charge is 0.272 e. The maximum atomic E-state index is 12.6. The predicted octanol–water partition coefficient (Wildman–Crippen LogP) is 3.25. The molecule has 2 aromatic rings. The van der Waals surface area contributed by atoms with Gasteiger partial charge in [-0.1, -0.05) is 0 Å². The van der Waals surface area contributed by atoms with Gasteiger partial charge in [-0.3, -0.25) is 9.36 Å². The van der Waals surface area contributed by atoms with Crippen molar-refractivity contribution in [3.63, 3.8) is 0 Å². The van der Waals surface area contributed by atoms with E-state index in [0.29, 0.717) is 11.4 Å². The van der Waals surface area contributed by atoms with Crippen LogP contribution in [0.1, 0.15) is 32.7 Å². The maximum absolute atomic E-state index is 12.6. The number of hydrogen-bond acceptors (Lipinski definition) is 4. The van der Waals surface area contributed by atoms with E-state index in [4.69, 9.17) is 17.0 Å². The van der Waals surface area contributed by atoms with E-state index < -0.39 is 0 Å². The van der Waals surface area contributed by atoms with Crippen LogP contribution in [0.4, 0.5) is 0 Å². The molecule has 1 N–H and O–H groups in total. The topological polar surface area (TPSA) is 47.0 Å². The molecule has 19 heavy (non-hydrogen) atoms. The molecule has 0 saturated carbocycles. The number of aromatic amines is 1. The summed E-state index contributed by atoms with van der Waals surface area (Å²) in [7, 11) is 0. The van der Waals surface area contributed by atoms with Gasteiger partial charge in [0.25, 0.3) is 5.56 Å². The van der Waals surface area contributed by atoms with E-state index >= 15 is 0 Å². The summed E-state index contributed by atoms with van der Waals surface area (Å²) in [5.41, 5.74) is 0.660. The first-order valence-electron chi connectivity index (χ1n) is 6.34. The molecule has 2 aromatic heterocycles. The SMILES string of the molecule is CC1(C)CC(n2c(=S)[nH]c3ccsc3c2=O)CCO1. The monoisotopic (exact) mass is 296 g/mol.